The monoisotopic (exact) mass is 258 g/mol. The minimum atomic E-state index is -0.372. The summed E-state index contributed by atoms with van der Waals surface area (Å²) in [6.45, 7) is 10.2. The van der Waals surface area contributed by atoms with Crippen molar-refractivity contribution in [3.05, 3.63) is 0 Å². The van der Waals surface area contributed by atoms with Crippen molar-refractivity contribution in [2.45, 2.75) is 40.7 Å². The number of amides is 1. The van der Waals surface area contributed by atoms with Gasteiger partial charge in [-0.2, -0.15) is 0 Å². The maximum Gasteiger partial charge on any atom is 0.325 e. The minimum absolute atomic E-state index is 0.00190. The lowest BCUT2D eigenvalue weighted by molar-refractivity contribution is -0.150. The molecule has 0 saturated heterocycles. The van der Waals surface area contributed by atoms with Crippen LogP contribution in [-0.4, -0.2) is 42.5 Å². The lowest BCUT2D eigenvalue weighted by Crippen LogP contribution is -2.45. The fraction of sp³-hybridized carbons (Fsp3) is 0.846. The molecular formula is C13H26N2O3. The Labute approximate surface area is 110 Å². The van der Waals surface area contributed by atoms with Gasteiger partial charge in [-0.25, -0.2) is 0 Å². The molecule has 1 amide bonds. The molecule has 2 atom stereocenters. The molecular weight excluding hydrogens is 232 g/mol. The van der Waals surface area contributed by atoms with Crippen molar-refractivity contribution in [2.24, 2.45) is 17.6 Å². The largest absolute Gasteiger partial charge is 0.465 e. The number of ether oxygens (including phenoxy) is 1. The molecule has 0 heterocycles. The van der Waals surface area contributed by atoms with E-state index < -0.39 is 0 Å². The maximum absolute atomic E-state index is 12.2. The first-order chi connectivity index (χ1) is 8.29. The molecule has 0 bridgehead atoms. The second-order valence-electron chi connectivity index (χ2n) is 5.07. The van der Waals surface area contributed by atoms with Gasteiger partial charge in [-0.05, 0) is 19.8 Å². The first-order valence-corrected chi connectivity index (χ1v) is 6.49. The van der Waals surface area contributed by atoms with Gasteiger partial charge in [0.05, 0.1) is 12.5 Å². The second-order valence-corrected chi connectivity index (χ2v) is 5.07. The third kappa shape index (κ3) is 6.00. The zero-order valence-electron chi connectivity index (χ0n) is 12.1. The van der Waals surface area contributed by atoms with E-state index in [2.05, 4.69) is 0 Å². The van der Waals surface area contributed by atoms with Gasteiger partial charge in [-0.3, -0.25) is 9.59 Å². The normalized spacial score (nSPS) is 14.2. The summed E-state index contributed by atoms with van der Waals surface area (Å²) in [6, 6.07) is -0.227. The van der Waals surface area contributed by atoms with Gasteiger partial charge in [-0.1, -0.05) is 20.8 Å². The number of esters is 1. The number of nitrogens with two attached hydrogens (primary N) is 1. The molecule has 106 valence electrons. The molecule has 0 aromatic rings. The minimum Gasteiger partial charge on any atom is -0.465 e. The summed E-state index contributed by atoms with van der Waals surface area (Å²) in [5.74, 6) is -0.461. The highest BCUT2D eigenvalue weighted by Gasteiger charge is 2.25. The topological polar surface area (TPSA) is 72.6 Å². The molecule has 5 heteroatoms. The van der Waals surface area contributed by atoms with Crippen molar-refractivity contribution in [2.75, 3.05) is 19.7 Å². The van der Waals surface area contributed by atoms with Crippen LogP contribution in [0.2, 0.25) is 0 Å². The van der Waals surface area contributed by atoms with E-state index in [1.165, 1.54) is 4.90 Å². The fourth-order valence-corrected chi connectivity index (χ4v) is 1.55. The Bertz CT molecular complexity index is 277. The summed E-state index contributed by atoms with van der Waals surface area (Å²) in [5, 5.41) is 0. The summed E-state index contributed by atoms with van der Waals surface area (Å²) in [7, 11) is 0. The highest BCUT2D eigenvalue weighted by molar-refractivity contribution is 5.83. The van der Waals surface area contributed by atoms with E-state index in [9.17, 15) is 9.59 Å². The Morgan fingerprint density at radius 1 is 1.22 bits per heavy atom. The van der Waals surface area contributed by atoms with Crippen LogP contribution in [0.15, 0.2) is 0 Å². The number of hydrogen-bond acceptors (Lipinski definition) is 4. The van der Waals surface area contributed by atoms with Crippen LogP contribution < -0.4 is 5.73 Å². The SMILES string of the molecule is CCOC(=O)CN(CC(C)C)C(=O)C(C)C(C)N. The summed E-state index contributed by atoms with van der Waals surface area (Å²) in [4.78, 5) is 25.2. The van der Waals surface area contributed by atoms with Crippen LogP contribution in [0.1, 0.15) is 34.6 Å². The van der Waals surface area contributed by atoms with Crippen molar-refractivity contribution in [1.82, 2.24) is 4.90 Å². The van der Waals surface area contributed by atoms with Gasteiger partial charge in [0, 0.05) is 12.6 Å². The zero-order chi connectivity index (χ0) is 14.3. The summed E-state index contributed by atoms with van der Waals surface area (Å²) >= 11 is 0. The van der Waals surface area contributed by atoms with Crippen LogP contribution in [0.5, 0.6) is 0 Å². The van der Waals surface area contributed by atoms with Crippen molar-refractivity contribution in [3.8, 4) is 0 Å². The number of carbonyl (C=O) groups is 2. The predicted octanol–water partition coefficient (Wildman–Crippen LogP) is 1.02. The Balaban J connectivity index is 4.66. The first-order valence-electron chi connectivity index (χ1n) is 6.49. The lowest BCUT2D eigenvalue weighted by atomic mass is 10.0. The molecule has 5 nitrogen and oxygen atoms in total. The molecule has 0 spiro atoms. The van der Waals surface area contributed by atoms with Gasteiger partial charge >= 0.3 is 5.97 Å². The van der Waals surface area contributed by atoms with Crippen LogP contribution in [0, 0.1) is 11.8 Å². The Kier molecular flexibility index (Phi) is 7.59. The van der Waals surface area contributed by atoms with Gasteiger partial charge in [0.1, 0.15) is 6.54 Å². The number of rotatable bonds is 7. The Hall–Kier alpha value is -1.10. The van der Waals surface area contributed by atoms with Crippen LogP contribution in [0.3, 0.4) is 0 Å². The average Bonchev–Trinajstić information content (AvgIpc) is 2.25. The zero-order valence-corrected chi connectivity index (χ0v) is 12.1. The van der Waals surface area contributed by atoms with Gasteiger partial charge in [0.25, 0.3) is 0 Å². The van der Waals surface area contributed by atoms with E-state index in [1.54, 1.807) is 20.8 Å². The van der Waals surface area contributed by atoms with Crippen LogP contribution in [0.4, 0.5) is 0 Å². The third-order valence-corrected chi connectivity index (χ3v) is 2.70. The number of nitrogens with zero attached hydrogens (tertiary/aromatic N) is 1. The molecule has 2 N–H and O–H groups in total. The van der Waals surface area contributed by atoms with Crippen molar-refractivity contribution in [1.29, 1.82) is 0 Å². The van der Waals surface area contributed by atoms with Crippen molar-refractivity contribution < 1.29 is 14.3 Å². The highest BCUT2D eigenvalue weighted by Crippen LogP contribution is 2.09. The summed E-state index contributed by atoms with van der Waals surface area (Å²) in [6.07, 6.45) is 0. The van der Waals surface area contributed by atoms with Crippen molar-refractivity contribution >= 4 is 11.9 Å². The number of hydrogen-bond donors (Lipinski definition) is 1. The van der Waals surface area contributed by atoms with Crippen molar-refractivity contribution in [3.63, 3.8) is 0 Å². The molecule has 18 heavy (non-hydrogen) atoms. The fourth-order valence-electron chi connectivity index (χ4n) is 1.55. The molecule has 2 unspecified atom stereocenters. The Morgan fingerprint density at radius 3 is 2.17 bits per heavy atom. The molecule has 0 saturated carbocycles. The van der Waals surface area contributed by atoms with Gasteiger partial charge in [0.15, 0.2) is 0 Å². The smallest absolute Gasteiger partial charge is 0.325 e. The second kappa shape index (κ2) is 8.08. The van der Waals surface area contributed by atoms with E-state index in [1.807, 2.05) is 13.8 Å². The molecule has 0 aliphatic rings. The van der Waals surface area contributed by atoms with Crippen LogP contribution in [-0.2, 0) is 14.3 Å². The molecule has 0 aliphatic heterocycles. The molecule has 0 aromatic heterocycles. The third-order valence-electron chi connectivity index (χ3n) is 2.70. The summed E-state index contributed by atoms with van der Waals surface area (Å²) < 4.78 is 4.88. The molecule has 0 rings (SSSR count). The average molecular weight is 258 g/mol. The van der Waals surface area contributed by atoms with Gasteiger partial charge < -0.3 is 15.4 Å². The quantitative estimate of drug-likeness (QED) is 0.692. The van der Waals surface area contributed by atoms with Gasteiger partial charge in [-0.15, -0.1) is 0 Å². The molecule has 0 radical (unpaired) electrons. The maximum atomic E-state index is 12.2. The van der Waals surface area contributed by atoms with E-state index in [4.69, 9.17) is 10.5 Å². The Morgan fingerprint density at radius 2 is 1.78 bits per heavy atom. The molecule has 0 fully saturated rings. The first kappa shape index (κ1) is 16.9. The van der Waals surface area contributed by atoms with E-state index >= 15 is 0 Å². The standard InChI is InChI=1S/C13H26N2O3/c1-6-18-12(16)8-15(7-9(2)3)13(17)10(4)11(5)14/h9-11H,6-8,14H2,1-5H3. The summed E-state index contributed by atoms with van der Waals surface area (Å²) in [5.41, 5.74) is 5.73. The van der Waals surface area contributed by atoms with E-state index in [0.29, 0.717) is 19.1 Å². The van der Waals surface area contributed by atoms with E-state index in [0.717, 1.165) is 0 Å². The number of carbonyl (C=O) groups excluding carboxylic acids is 2. The molecule has 0 aromatic carbocycles. The highest BCUT2D eigenvalue weighted by atomic mass is 16.5. The predicted molar refractivity (Wildman–Crippen MR) is 70.9 cm³/mol. The van der Waals surface area contributed by atoms with E-state index in [-0.39, 0.29) is 30.4 Å². The van der Waals surface area contributed by atoms with Gasteiger partial charge in [0.2, 0.25) is 5.91 Å². The van der Waals surface area contributed by atoms with Crippen LogP contribution in [0.25, 0.3) is 0 Å². The lowest BCUT2D eigenvalue weighted by Gasteiger charge is -2.27. The molecule has 0 aliphatic carbocycles. The van der Waals surface area contributed by atoms with Crippen LogP contribution >= 0.6 is 0 Å².